The van der Waals surface area contributed by atoms with E-state index in [9.17, 15) is 0 Å². The zero-order valence-electron chi connectivity index (χ0n) is 11.4. The first kappa shape index (κ1) is 14.6. The molecule has 2 rings (SSSR count). The molecule has 0 spiro atoms. The van der Waals surface area contributed by atoms with E-state index in [0.717, 1.165) is 21.8 Å². The topological polar surface area (TPSA) is 44.5 Å². The van der Waals surface area contributed by atoms with Gasteiger partial charge >= 0.3 is 0 Å². The lowest BCUT2D eigenvalue weighted by molar-refractivity contribution is 0.109. The Hall–Kier alpha value is -1.80. The van der Waals surface area contributed by atoms with E-state index in [1.807, 2.05) is 35.7 Å². The van der Waals surface area contributed by atoms with Gasteiger partial charge in [0.25, 0.3) is 0 Å². The van der Waals surface area contributed by atoms with Crippen molar-refractivity contribution in [2.45, 2.75) is 13.2 Å². The van der Waals surface area contributed by atoms with Crippen LogP contribution >= 0.6 is 11.3 Å². The maximum absolute atomic E-state index is 5.74. The first-order valence-electron chi connectivity index (χ1n) is 6.29. The van der Waals surface area contributed by atoms with Crippen LogP contribution in [0, 0.1) is 11.8 Å². The number of hydrogen-bond acceptors (Lipinski definition) is 4. The molecule has 0 amide bonds. The second-order valence-electron chi connectivity index (χ2n) is 4.11. The minimum Gasteiger partial charge on any atom is -0.497 e. The summed E-state index contributed by atoms with van der Waals surface area (Å²) < 4.78 is 10.9. The van der Waals surface area contributed by atoms with Crippen LogP contribution in [0.3, 0.4) is 0 Å². The number of nitrogens with two attached hydrogens (primary N) is 1. The molecule has 0 radical (unpaired) electrons. The van der Waals surface area contributed by atoms with E-state index in [2.05, 4.69) is 11.8 Å². The number of ether oxygens (including phenoxy) is 2. The molecule has 0 aliphatic heterocycles. The van der Waals surface area contributed by atoms with Gasteiger partial charge in [0.05, 0.1) is 26.9 Å². The van der Waals surface area contributed by atoms with Crippen LogP contribution in [-0.2, 0) is 18.0 Å². The second kappa shape index (κ2) is 7.71. The number of benzene rings is 1. The van der Waals surface area contributed by atoms with Crippen LogP contribution in [-0.4, -0.2) is 13.7 Å². The minimum absolute atomic E-state index is 0.375. The third-order valence-electron chi connectivity index (χ3n) is 2.71. The highest BCUT2D eigenvalue weighted by Gasteiger charge is 2.03. The van der Waals surface area contributed by atoms with Crippen LogP contribution in [0.5, 0.6) is 5.75 Å². The van der Waals surface area contributed by atoms with E-state index in [4.69, 9.17) is 15.2 Å². The van der Waals surface area contributed by atoms with Gasteiger partial charge < -0.3 is 15.2 Å². The van der Waals surface area contributed by atoms with Crippen LogP contribution in [0.1, 0.15) is 16.0 Å². The molecule has 104 valence electrons. The fourth-order valence-corrected chi connectivity index (χ4v) is 2.50. The monoisotopic (exact) mass is 287 g/mol. The van der Waals surface area contributed by atoms with Gasteiger partial charge in [0.1, 0.15) is 5.75 Å². The minimum atomic E-state index is 0.375. The molecule has 0 atom stereocenters. The standard InChI is InChI=1S/C16H17NO2S/c1-18-15-6-2-4-13(10-15)11-19-12-16-14(5-3-8-17)7-9-20-16/h2,4,6-7,9-10H,8,11-12,17H2,1H3. The summed E-state index contributed by atoms with van der Waals surface area (Å²) in [5.41, 5.74) is 7.48. The molecule has 0 aliphatic carbocycles. The average Bonchev–Trinajstić information content (AvgIpc) is 2.93. The Bertz CT molecular complexity index is 610. The average molecular weight is 287 g/mol. The van der Waals surface area contributed by atoms with Crippen molar-refractivity contribution in [3.8, 4) is 17.6 Å². The van der Waals surface area contributed by atoms with E-state index < -0.39 is 0 Å². The Balaban J connectivity index is 1.91. The lowest BCUT2D eigenvalue weighted by atomic mass is 10.2. The zero-order valence-corrected chi connectivity index (χ0v) is 12.2. The summed E-state index contributed by atoms with van der Waals surface area (Å²) in [6.45, 7) is 1.49. The van der Waals surface area contributed by atoms with Gasteiger partial charge in [0.15, 0.2) is 0 Å². The summed E-state index contributed by atoms with van der Waals surface area (Å²) in [5.74, 6) is 6.77. The first-order chi connectivity index (χ1) is 9.83. The molecule has 20 heavy (non-hydrogen) atoms. The van der Waals surface area contributed by atoms with Crippen molar-refractivity contribution < 1.29 is 9.47 Å². The van der Waals surface area contributed by atoms with Crippen LogP contribution < -0.4 is 10.5 Å². The highest BCUT2D eigenvalue weighted by atomic mass is 32.1. The predicted octanol–water partition coefficient (Wildman–Crippen LogP) is 2.78. The molecule has 0 bridgehead atoms. The fourth-order valence-electron chi connectivity index (χ4n) is 1.73. The van der Waals surface area contributed by atoms with Crippen molar-refractivity contribution in [2.75, 3.05) is 13.7 Å². The van der Waals surface area contributed by atoms with Gasteiger partial charge in [0, 0.05) is 10.4 Å². The van der Waals surface area contributed by atoms with Gasteiger partial charge in [-0.15, -0.1) is 11.3 Å². The highest BCUT2D eigenvalue weighted by Crippen LogP contribution is 2.18. The first-order valence-corrected chi connectivity index (χ1v) is 7.17. The molecule has 1 aromatic carbocycles. The van der Waals surface area contributed by atoms with Crippen LogP contribution in [0.25, 0.3) is 0 Å². The van der Waals surface area contributed by atoms with E-state index in [-0.39, 0.29) is 0 Å². The van der Waals surface area contributed by atoms with Gasteiger partial charge in [-0.2, -0.15) is 0 Å². The van der Waals surface area contributed by atoms with Crippen molar-refractivity contribution in [1.29, 1.82) is 0 Å². The van der Waals surface area contributed by atoms with Gasteiger partial charge in [-0.1, -0.05) is 24.0 Å². The molecule has 2 aromatic rings. The van der Waals surface area contributed by atoms with Crippen LogP contribution in [0.2, 0.25) is 0 Å². The quantitative estimate of drug-likeness (QED) is 0.860. The van der Waals surface area contributed by atoms with Gasteiger partial charge in [-0.3, -0.25) is 0 Å². The summed E-state index contributed by atoms with van der Waals surface area (Å²) >= 11 is 1.65. The molecular formula is C16H17NO2S. The van der Waals surface area contributed by atoms with Crippen molar-refractivity contribution in [3.63, 3.8) is 0 Å². The Kier molecular flexibility index (Phi) is 5.63. The number of hydrogen-bond donors (Lipinski definition) is 1. The number of thiophene rings is 1. The SMILES string of the molecule is COc1cccc(COCc2sccc2C#CCN)c1. The predicted molar refractivity (Wildman–Crippen MR) is 81.7 cm³/mol. The molecule has 4 heteroatoms. The second-order valence-corrected chi connectivity index (χ2v) is 5.11. The van der Waals surface area contributed by atoms with Crippen molar-refractivity contribution in [3.05, 3.63) is 51.7 Å². The molecule has 0 unspecified atom stereocenters. The van der Waals surface area contributed by atoms with Crippen LogP contribution in [0.4, 0.5) is 0 Å². The fraction of sp³-hybridized carbons (Fsp3) is 0.250. The maximum atomic E-state index is 5.74. The van der Waals surface area contributed by atoms with Crippen LogP contribution in [0.15, 0.2) is 35.7 Å². The summed E-state index contributed by atoms with van der Waals surface area (Å²) in [6.07, 6.45) is 0. The van der Waals surface area contributed by atoms with E-state index in [0.29, 0.717) is 19.8 Å². The summed E-state index contributed by atoms with van der Waals surface area (Å²) in [4.78, 5) is 1.13. The summed E-state index contributed by atoms with van der Waals surface area (Å²) in [5, 5.41) is 2.02. The summed E-state index contributed by atoms with van der Waals surface area (Å²) in [6, 6.07) is 9.87. The summed E-state index contributed by atoms with van der Waals surface area (Å²) in [7, 11) is 1.66. The molecule has 1 heterocycles. The Morgan fingerprint density at radius 3 is 2.95 bits per heavy atom. The normalized spacial score (nSPS) is 9.90. The van der Waals surface area contributed by atoms with Crippen molar-refractivity contribution >= 4 is 11.3 Å². The van der Waals surface area contributed by atoms with E-state index in [1.54, 1.807) is 18.4 Å². The van der Waals surface area contributed by atoms with Crippen molar-refractivity contribution in [1.82, 2.24) is 0 Å². The Morgan fingerprint density at radius 1 is 1.25 bits per heavy atom. The maximum Gasteiger partial charge on any atom is 0.119 e. The zero-order chi connectivity index (χ0) is 14.2. The molecule has 3 nitrogen and oxygen atoms in total. The largest absolute Gasteiger partial charge is 0.497 e. The number of methoxy groups -OCH3 is 1. The molecule has 0 fully saturated rings. The third-order valence-corrected chi connectivity index (χ3v) is 3.60. The van der Waals surface area contributed by atoms with E-state index in [1.165, 1.54) is 0 Å². The lowest BCUT2D eigenvalue weighted by Crippen LogP contribution is -1.95. The smallest absolute Gasteiger partial charge is 0.119 e. The Labute approximate surface area is 123 Å². The highest BCUT2D eigenvalue weighted by molar-refractivity contribution is 7.10. The van der Waals surface area contributed by atoms with Gasteiger partial charge in [-0.05, 0) is 29.1 Å². The molecule has 0 aliphatic rings. The Morgan fingerprint density at radius 2 is 2.15 bits per heavy atom. The van der Waals surface area contributed by atoms with E-state index >= 15 is 0 Å². The van der Waals surface area contributed by atoms with Gasteiger partial charge in [0.2, 0.25) is 0 Å². The molecule has 0 saturated heterocycles. The lowest BCUT2D eigenvalue weighted by Gasteiger charge is -2.05. The molecule has 1 aromatic heterocycles. The molecular weight excluding hydrogens is 270 g/mol. The third kappa shape index (κ3) is 4.10. The molecule has 0 saturated carbocycles. The molecule has 2 N–H and O–H groups in total. The van der Waals surface area contributed by atoms with Gasteiger partial charge in [-0.25, -0.2) is 0 Å². The number of rotatable bonds is 5. The van der Waals surface area contributed by atoms with Crippen molar-refractivity contribution in [2.24, 2.45) is 5.73 Å².